The van der Waals surface area contributed by atoms with Crippen molar-refractivity contribution in [2.24, 2.45) is 5.16 Å². The van der Waals surface area contributed by atoms with E-state index < -0.39 is 51.4 Å². The molecule has 17 heteroatoms. The number of carbonyl (C=O) groups is 4. The number of nitro groups is 1. The van der Waals surface area contributed by atoms with E-state index in [0.29, 0.717) is 11.1 Å². The molecule has 2 amide bonds. The van der Waals surface area contributed by atoms with Crippen LogP contribution in [0.4, 0.5) is 10.8 Å². The number of fused-ring (bicyclic) bond motifs is 1. The lowest BCUT2D eigenvalue weighted by atomic mass is 10.0. The van der Waals surface area contributed by atoms with Crippen LogP contribution in [0.3, 0.4) is 0 Å². The van der Waals surface area contributed by atoms with Crippen molar-refractivity contribution in [2.75, 3.05) is 11.5 Å². The number of amides is 2. The number of anilines is 1. The Bertz CT molecular complexity index is 1530. The number of thiazole rings is 1. The van der Waals surface area contributed by atoms with Crippen molar-refractivity contribution in [3.05, 3.63) is 68.4 Å². The Morgan fingerprint density at radius 1 is 1.27 bits per heavy atom. The number of oxime groups is 1. The van der Waals surface area contributed by atoms with Crippen molar-refractivity contribution >= 4 is 69.5 Å². The number of thioether (sulfide) groups is 1. The van der Waals surface area contributed by atoms with Gasteiger partial charge >= 0.3 is 11.9 Å². The van der Waals surface area contributed by atoms with Gasteiger partial charge in [-0.1, -0.05) is 17.3 Å². The number of benzene rings is 1. The quantitative estimate of drug-likeness (QED) is 0.132. The van der Waals surface area contributed by atoms with Gasteiger partial charge in [-0.05, 0) is 37.1 Å². The summed E-state index contributed by atoms with van der Waals surface area (Å²) in [4.78, 5) is 70.2. The topological polar surface area (TPSA) is 228 Å². The van der Waals surface area contributed by atoms with Crippen LogP contribution in [0.5, 0.6) is 0 Å². The number of nitrogens with zero attached hydrogens (tertiary/aromatic N) is 4. The molecule has 2 aliphatic heterocycles. The highest BCUT2D eigenvalue weighted by atomic mass is 32.2. The minimum absolute atomic E-state index is 0.00379. The molecular formula is C24H22N6O9S2. The fourth-order valence-electron chi connectivity index (χ4n) is 3.68. The van der Waals surface area contributed by atoms with Crippen LogP contribution in [0.15, 0.2) is 52.1 Å². The van der Waals surface area contributed by atoms with E-state index in [9.17, 15) is 39.5 Å². The van der Waals surface area contributed by atoms with Gasteiger partial charge in [0.05, 0.1) is 4.92 Å². The molecule has 1 aromatic carbocycles. The van der Waals surface area contributed by atoms with Crippen molar-refractivity contribution in [1.82, 2.24) is 15.2 Å². The summed E-state index contributed by atoms with van der Waals surface area (Å²) >= 11 is 2.22. The lowest BCUT2D eigenvalue weighted by Crippen LogP contribution is -2.71. The van der Waals surface area contributed by atoms with Gasteiger partial charge in [0, 0.05) is 23.3 Å². The van der Waals surface area contributed by atoms with E-state index in [1.807, 2.05) is 0 Å². The zero-order valence-electron chi connectivity index (χ0n) is 21.3. The van der Waals surface area contributed by atoms with Crippen LogP contribution in [-0.4, -0.2) is 77.3 Å². The highest BCUT2D eigenvalue weighted by molar-refractivity contribution is 8.00. The molecule has 1 fully saturated rings. The number of rotatable bonds is 10. The molecule has 0 radical (unpaired) electrons. The largest absolute Gasteiger partial charge is 0.478 e. The molecule has 41 heavy (non-hydrogen) atoms. The minimum Gasteiger partial charge on any atom is -0.478 e. The van der Waals surface area contributed by atoms with E-state index in [-0.39, 0.29) is 28.0 Å². The fraction of sp³-hybridized carbons (Fsp3) is 0.250. The van der Waals surface area contributed by atoms with Crippen LogP contribution < -0.4 is 11.1 Å². The van der Waals surface area contributed by atoms with E-state index in [1.54, 1.807) is 6.08 Å². The number of allylic oxidation sites excluding steroid dienone is 1. The Morgan fingerprint density at radius 2 is 1.95 bits per heavy atom. The second-order valence-electron chi connectivity index (χ2n) is 9.14. The zero-order valence-corrected chi connectivity index (χ0v) is 23.0. The van der Waals surface area contributed by atoms with Gasteiger partial charge in [0.25, 0.3) is 17.5 Å². The normalized spacial score (nSPS) is 19.0. The molecule has 1 saturated heterocycles. The Hall–Kier alpha value is -4.77. The molecular weight excluding hydrogens is 580 g/mol. The Kier molecular flexibility index (Phi) is 8.11. The molecule has 15 nitrogen and oxygen atoms in total. The summed E-state index contributed by atoms with van der Waals surface area (Å²) in [6.45, 7) is 2.45. The number of nitrogens with two attached hydrogens (primary N) is 1. The van der Waals surface area contributed by atoms with Crippen molar-refractivity contribution in [1.29, 1.82) is 0 Å². The molecule has 5 N–H and O–H groups in total. The zero-order chi connectivity index (χ0) is 30.1. The van der Waals surface area contributed by atoms with E-state index in [1.165, 1.54) is 61.3 Å². The number of carboxylic acid groups (broad SMARTS) is 2. The average molecular weight is 603 g/mol. The number of carboxylic acids is 2. The Balaban J connectivity index is 1.54. The molecule has 4 rings (SSSR count). The maximum absolute atomic E-state index is 13.2. The first kappa shape index (κ1) is 29.2. The van der Waals surface area contributed by atoms with Crippen LogP contribution in [0.1, 0.15) is 25.1 Å². The molecule has 0 spiro atoms. The number of hydrogen-bond acceptors (Lipinski definition) is 12. The van der Waals surface area contributed by atoms with Crippen LogP contribution >= 0.6 is 23.1 Å². The Morgan fingerprint density at radius 3 is 2.51 bits per heavy atom. The number of β-lactam (4-membered cyclic amide) rings is 1. The summed E-state index contributed by atoms with van der Waals surface area (Å²) in [5.74, 6) is -4.08. The number of nitrogen functional groups attached to an aromatic ring is 1. The molecule has 2 aliphatic rings. The summed E-state index contributed by atoms with van der Waals surface area (Å²) in [7, 11) is 0. The standard InChI is InChI=1S/C24H22N6O9S2/c1-24(2,22(35)36)39-28-15(14-10-41-23(25)26-14)18(31)27-16-19(32)29-17(21(33)34)12(9-40-20(16)29)6-3-11-4-7-13(8-5-11)30(37)38/h3-8,10,16,20H,9H2,1-2H3,(H2,25,26)(H,27,31)(H,33,34)(H,35,36)/t16?,20-/m0/s1. The maximum Gasteiger partial charge on any atom is 0.352 e. The van der Waals surface area contributed by atoms with Crippen LogP contribution in [0.2, 0.25) is 0 Å². The number of carbonyl (C=O) groups excluding carboxylic acids is 2. The third-order valence-electron chi connectivity index (χ3n) is 5.93. The first-order valence-corrected chi connectivity index (χ1v) is 13.6. The van der Waals surface area contributed by atoms with E-state index in [0.717, 1.165) is 16.2 Å². The molecule has 1 aromatic heterocycles. The van der Waals surface area contributed by atoms with E-state index in [4.69, 9.17) is 10.6 Å². The first-order chi connectivity index (χ1) is 19.3. The van der Waals surface area contributed by atoms with Gasteiger partial charge in [-0.15, -0.1) is 23.1 Å². The lowest BCUT2D eigenvalue weighted by molar-refractivity contribution is -0.384. The summed E-state index contributed by atoms with van der Waals surface area (Å²) in [5.41, 5.74) is 4.03. The van der Waals surface area contributed by atoms with Crippen LogP contribution in [0, 0.1) is 10.1 Å². The average Bonchev–Trinajstić information content (AvgIpc) is 3.35. The highest BCUT2D eigenvalue weighted by Gasteiger charge is 2.54. The third-order valence-corrected chi connectivity index (χ3v) is 7.90. The van der Waals surface area contributed by atoms with Crippen LogP contribution in [-0.2, 0) is 24.0 Å². The van der Waals surface area contributed by atoms with Gasteiger partial charge in [-0.2, -0.15) is 0 Å². The predicted octanol–water partition coefficient (Wildman–Crippen LogP) is 1.67. The second-order valence-corrected chi connectivity index (χ2v) is 11.1. The lowest BCUT2D eigenvalue weighted by Gasteiger charge is -2.49. The molecule has 214 valence electrons. The monoisotopic (exact) mass is 602 g/mol. The summed E-state index contributed by atoms with van der Waals surface area (Å²) in [5, 5.41) is 37.0. The molecule has 1 unspecified atom stereocenters. The second kappa shape index (κ2) is 11.4. The van der Waals surface area contributed by atoms with Gasteiger partial charge < -0.3 is 26.1 Å². The minimum atomic E-state index is -1.78. The van der Waals surface area contributed by atoms with Crippen molar-refractivity contribution < 1.29 is 39.2 Å². The molecule has 0 aliphatic carbocycles. The summed E-state index contributed by atoms with van der Waals surface area (Å²) in [6.07, 6.45) is 3.10. The molecule has 0 saturated carbocycles. The smallest absolute Gasteiger partial charge is 0.352 e. The molecule has 2 aromatic rings. The van der Waals surface area contributed by atoms with Gasteiger partial charge in [0.1, 0.15) is 22.8 Å². The number of nitrogens with one attached hydrogen (secondary N) is 1. The number of aromatic nitrogens is 1. The summed E-state index contributed by atoms with van der Waals surface area (Å²) in [6, 6.07) is 4.52. The SMILES string of the molecule is CC(C)(ON=C(C(=O)NC1C(=O)N2C(C(=O)O)=C(C=Cc3ccc([N+](=O)[O-])cc3)CS[C@@H]12)c1csc(N)n1)C(=O)O. The molecule has 3 heterocycles. The van der Waals surface area contributed by atoms with E-state index >= 15 is 0 Å². The first-order valence-electron chi connectivity index (χ1n) is 11.7. The molecule has 0 bridgehead atoms. The van der Waals surface area contributed by atoms with Gasteiger partial charge in [-0.3, -0.25) is 24.6 Å². The van der Waals surface area contributed by atoms with Crippen LogP contribution in [0.25, 0.3) is 6.08 Å². The van der Waals surface area contributed by atoms with E-state index in [2.05, 4.69) is 15.5 Å². The number of nitro benzene ring substituents is 1. The van der Waals surface area contributed by atoms with Crippen molar-refractivity contribution in [3.8, 4) is 0 Å². The number of aliphatic carboxylic acids is 2. The highest BCUT2D eigenvalue weighted by Crippen LogP contribution is 2.41. The predicted molar refractivity (Wildman–Crippen MR) is 148 cm³/mol. The summed E-state index contributed by atoms with van der Waals surface area (Å²) < 4.78 is 0. The van der Waals surface area contributed by atoms with Gasteiger partial charge in [0.15, 0.2) is 10.8 Å². The Labute approximate surface area is 239 Å². The van der Waals surface area contributed by atoms with Crippen molar-refractivity contribution in [3.63, 3.8) is 0 Å². The number of hydrogen-bond donors (Lipinski definition) is 4. The van der Waals surface area contributed by atoms with Crippen molar-refractivity contribution in [2.45, 2.75) is 30.9 Å². The van der Waals surface area contributed by atoms with Gasteiger partial charge in [0.2, 0.25) is 5.60 Å². The third kappa shape index (κ3) is 6.04. The fourth-order valence-corrected chi connectivity index (χ4v) is 5.55. The molecule has 2 atom stereocenters. The van der Waals surface area contributed by atoms with Gasteiger partial charge in [-0.25, -0.2) is 14.6 Å². The number of non-ortho nitro benzene ring substituents is 1. The maximum atomic E-state index is 13.2.